The van der Waals surface area contributed by atoms with Crippen LogP contribution in [0.25, 0.3) is 22.2 Å². The van der Waals surface area contributed by atoms with Crippen LogP contribution in [0.3, 0.4) is 0 Å². The van der Waals surface area contributed by atoms with Gasteiger partial charge in [-0.15, -0.1) is 0 Å². The number of aromatic amines is 1. The zero-order chi connectivity index (χ0) is 27.0. The van der Waals surface area contributed by atoms with Gasteiger partial charge in [0.1, 0.15) is 11.5 Å². The lowest BCUT2D eigenvalue weighted by Gasteiger charge is -2.11. The number of rotatable bonds is 9. The number of carbonyl (C=O) groups excluding carboxylic acids is 1. The fourth-order valence-corrected chi connectivity index (χ4v) is 5.47. The highest BCUT2D eigenvalue weighted by molar-refractivity contribution is 7.92. The van der Waals surface area contributed by atoms with E-state index >= 15 is 4.39 Å². The molecule has 0 atom stereocenters. The number of aromatic nitrogens is 2. The maximum atomic E-state index is 15.2. The van der Waals surface area contributed by atoms with Crippen molar-refractivity contribution in [1.82, 2.24) is 9.97 Å². The molecule has 13 heteroatoms. The number of carbonyl (C=O) groups is 1. The van der Waals surface area contributed by atoms with Crippen LogP contribution in [-0.4, -0.2) is 44.6 Å². The molecule has 4 rings (SSSR count). The molecule has 2 aromatic heterocycles. The molecule has 0 bridgehead atoms. The van der Waals surface area contributed by atoms with E-state index in [4.69, 9.17) is 0 Å². The van der Waals surface area contributed by atoms with E-state index in [0.717, 1.165) is 18.4 Å². The molecule has 0 spiro atoms. The fourth-order valence-electron chi connectivity index (χ4n) is 3.79. The molecule has 2 aromatic carbocycles. The van der Waals surface area contributed by atoms with Gasteiger partial charge in [0.2, 0.25) is 25.8 Å². The molecule has 0 radical (unpaired) electrons. The highest BCUT2D eigenvalue weighted by Crippen LogP contribution is 2.30. The van der Waals surface area contributed by atoms with Crippen LogP contribution < -0.4 is 9.44 Å². The number of pyridine rings is 1. The Balaban J connectivity index is 1.76. The first kappa shape index (κ1) is 26.2. The van der Waals surface area contributed by atoms with Gasteiger partial charge in [-0.1, -0.05) is 19.1 Å². The Morgan fingerprint density at radius 3 is 2.49 bits per heavy atom. The SMILES string of the molecule is CCCS(=O)(=O)Nc1ccc(F)c(C(=O)c2c[nH]c3ncc(-c4cccc(NS(C)(=O)=O)c4)cc23)c1F. The second kappa shape index (κ2) is 9.90. The lowest BCUT2D eigenvalue weighted by molar-refractivity contribution is 0.103. The van der Waals surface area contributed by atoms with Crippen molar-refractivity contribution in [3.63, 3.8) is 0 Å². The third-order valence-corrected chi connectivity index (χ3v) is 7.41. The van der Waals surface area contributed by atoms with Crippen molar-refractivity contribution in [1.29, 1.82) is 0 Å². The normalized spacial score (nSPS) is 12.0. The Labute approximate surface area is 212 Å². The number of nitrogens with one attached hydrogen (secondary N) is 3. The van der Waals surface area contributed by atoms with Crippen molar-refractivity contribution in [2.75, 3.05) is 21.5 Å². The van der Waals surface area contributed by atoms with Gasteiger partial charge in [-0.2, -0.15) is 0 Å². The highest BCUT2D eigenvalue weighted by Gasteiger charge is 2.26. The second-order valence-electron chi connectivity index (χ2n) is 8.31. The summed E-state index contributed by atoms with van der Waals surface area (Å²) in [5.74, 6) is -3.77. The molecule has 3 N–H and O–H groups in total. The van der Waals surface area contributed by atoms with Crippen LogP contribution in [0.4, 0.5) is 20.2 Å². The van der Waals surface area contributed by atoms with E-state index in [9.17, 15) is 26.0 Å². The molecule has 4 aromatic rings. The molecule has 0 aliphatic heterocycles. The zero-order valence-corrected chi connectivity index (χ0v) is 21.3. The minimum Gasteiger partial charge on any atom is -0.345 e. The summed E-state index contributed by atoms with van der Waals surface area (Å²) >= 11 is 0. The maximum absolute atomic E-state index is 15.2. The number of H-pyrrole nitrogens is 1. The van der Waals surface area contributed by atoms with Crippen molar-refractivity contribution < 1.29 is 30.4 Å². The Hall–Kier alpha value is -3.84. The van der Waals surface area contributed by atoms with Crippen molar-refractivity contribution in [2.45, 2.75) is 13.3 Å². The Kier molecular flexibility index (Phi) is 7.02. The van der Waals surface area contributed by atoms with E-state index in [1.54, 1.807) is 37.3 Å². The van der Waals surface area contributed by atoms with Crippen molar-refractivity contribution in [3.05, 3.63) is 77.6 Å². The number of hydrogen-bond donors (Lipinski definition) is 3. The van der Waals surface area contributed by atoms with Gasteiger partial charge >= 0.3 is 0 Å². The van der Waals surface area contributed by atoms with Crippen LogP contribution in [0, 0.1) is 11.6 Å². The molecule has 0 aliphatic rings. The van der Waals surface area contributed by atoms with Crippen LogP contribution >= 0.6 is 0 Å². The lowest BCUT2D eigenvalue weighted by Crippen LogP contribution is -2.18. The van der Waals surface area contributed by atoms with Crippen molar-refractivity contribution in [3.8, 4) is 11.1 Å². The van der Waals surface area contributed by atoms with Gasteiger partial charge in [0.15, 0.2) is 5.82 Å². The Bertz CT molecular complexity index is 1740. The summed E-state index contributed by atoms with van der Waals surface area (Å²) in [6.45, 7) is 1.63. The van der Waals surface area contributed by atoms with Gasteiger partial charge in [-0.25, -0.2) is 30.6 Å². The summed E-state index contributed by atoms with van der Waals surface area (Å²) in [7, 11) is -7.39. The first-order valence-corrected chi connectivity index (χ1v) is 14.5. The number of halogens is 2. The van der Waals surface area contributed by atoms with Crippen molar-refractivity contribution >= 4 is 48.2 Å². The van der Waals surface area contributed by atoms with Gasteiger partial charge in [0, 0.05) is 34.6 Å². The molecular formula is C24H22F2N4O5S2. The predicted molar refractivity (Wildman–Crippen MR) is 137 cm³/mol. The third-order valence-electron chi connectivity index (χ3n) is 5.33. The summed E-state index contributed by atoms with van der Waals surface area (Å²) in [5.41, 5.74) is 0.151. The van der Waals surface area contributed by atoms with Crippen LogP contribution in [0.5, 0.6) is 0 Å². The largest absolute Gasteiger partial charge is 0.345 e. The summed E-state index contributed by atoms with van der Waals surface area (Å²) in [5, 5.41) is 0.264. The number of hydrogen-bond acceptors (Lipinski definition) is 6. The van der Waals surface area contributed by atoms with Gasteiger partial charge < -0.3 is 4.98 Å². The smallest absolute Gasteiger partial charge is 0.232 e. The Morgan fingerprint density at radius 2 is 1.78 bits per heavy atom. The Morgan fingerprint density at radius 1 is 1.03 bits per heavy atom. The quantitative estimate of drug-likeness (QED) is 0.267. The van der Waals surface area contributed by atoms with Crippen LogP contribution in [0.2, 0.25) is 0 Å². The highest BCUT2D eigenvalue weighted by atomic mass is 32.2. The third kappa shape index (κ3) is 5.78. The van der Waals surface area contributed by atoms with Crippen LogP contribution in [0.1, 0.15) is 29.3 Å². The average Bonchev–Trinajstić information content (AvgIpc) is 3.23. The second-order valence-corrected chi connectivity index (χ2v) is 11.9. The number of ketones is 1. The van der Waals surface area contributed by atoms with E-state index < -0.39 is 48.7 Å². The van der Waals surface area contributed by atoms with Gasteiger partial charge in [0.25, 0.3) is 0 Å². The summed E-state index contributed by atoms with van der Waals surface area (Å²) in [6.07, 6.45) is 4.06. The standard InChI is InChI=1S/C24H22F2N4O5S2/c1-3-9-37(34,35)30-20-8-7-19(25)21(22(20)26)23(31)18-13-28-24-17(18)11-15(12-27-24)14-5-4-6-16(10-14)29-36(2,32)33/h4-8,10-13,29-30H,3,9H2,1-2H3,(H,27,28). The topological polar surface area (TPSA) is 138 Å². The molecule has 2 heterocycles. The zero-order valence-electron chi connectivity index (χ0n) is 19.7. The minimum absolute atomic E-state index is 0.0823. The van der Waals surface area contributed by atoms with Gasteiger partial charge in [-0.3, -0.25) is 14.2 Å². The molecule has 0 aliphatic carbocycles. The number of benzene rings is 2. The average molecular weight is 549 g/mol. The first-order chi connectivity index (χ1) is 17.4. The van der Waals surface area contributed by atoms with Gasteiger partial charge in [-0.05, 0) is 42.3 Å². The van der Waals surface area contributed by atoms with Crippen LogP contribution in [-0.2, 0) is 20.0 Å². The molecule has 37 heavy (non-hydrogen) atoms. The van der Waals surface area contributed by atoms with Crippen molar-refractivity contribution in [2.24, 2.45) is 0 Å². The van der Waals surface area contributed by atoms with E-state index in [1.807, 2.05) is 0 Å². The number of fused-ring (bicyclic) bond motifs is 1. The van der Waals surface area contributed by atoms with E-state index in [1.165, 1.54) is 12.4 Å². The molecule has 0 amide bonds. The maximum Gasteiger partial charge on any atom is 0.232 e. The molecule has 194 valence electrons. The molecule has 9 nitrogen and oxygen atoms in total. The molecular weight excluding hydrogens is 526 g/mol. The number of sulfonamides is 2. The monoisotopic (exact) mass is 548 g/mol. The minimum atomic E-state index is -3.89. The van der Waals surface area contributed by atoms with Gasteiger partial charge in [0.05, 0.1) is 23.3 Å². The van der Waals surface area contributed by atoms with E-state index in [-0.39, 0.29) is 28.8 Å². The number of anilines is 2. The van der Waals surface area contributed by atoms with E-state index in [2.05, 4.69) is 19.4 Å². The lowest BCUT2D eigenvalue weighted by atomic mass is 9.99. The molecule has 0 saturated carbocycles. The predicted octanol–water partition coefficient (Wildman–Crippen LogP) is 4.26. The molecule has 0 fully saturated rings. The number of nitrogens with zero attached hydrogens (tertiary/aromatic N) is 1. The van der Waals surface area contributed by atoms with Crippen LogP contribution in [0.15, 0.2) is 54.9 Å². The summed E-state index contributed by atoms with van der Waals surface area (Å²) < 4.78 is 81.6. The summed E-state index contributed by atoms with van der Waals surface area (Å²) in [6, 6.07) is 9.79. The van der Waals surface area contributed by atoms with E-state index in [0.29, 0.717) is 16.8 Å². The first-order valence-electron chi connectivity index (χ1n) is 11.0. The summed E-state index contributed by atoms with van der Waals surface area (Å²) in [4.78, 5) is 20.3. The fraction of sp³-hybridized carbons (Fsp3) is 0.167. The molecule has 0 unspecified atom stereocenters. The molecule has 0 saturated heterocycles.